The van der Waals surface area contributed by atoms with Gasteiger partial charge in [0.05, 0.1) is 17.7 Å². The summed E-state index contributed by atoms with van der Waals surface area (Å²) in [5, 5.41) is 19.6. The Labute approximate surface area is 71.5 Å². The van der Waals surface area contributed by atoms with E-state index < -0.39 is 5.92 Å². The van der Waals surface area contributed by atoms with Crippen molar-refractivity contribution in [3.05, 3.63) is 0 Å². The van der Waals surface area contributed by atoms with Gasteiger partial charge in [-0.3, -0.25) is 4.79 Å². The van der Waals surface area contributed by atoms with Crippen molar-refractivity contribution >= 4 is 11.5 Å². The summed E-state index contributed by atoms with van der Waals surface area (Å²) in [5.41, 5.74) is 0.373. The van der Waals surface area contributed by atoms with Gasteiger partial charge in [0.25, 0.3) is 0 Å². The second-order valence-corrected chi connectivity index (χ2v) is 2.60. The molecule has 0 rings (SSSR count). The molecule has 0 bridgehead atoms. The number of carbonyl (C=O) groups is 1. The molecular weight excluding hydrogens is 156 g/mol. The van der Waals surface area contributed by atoms with Crippen molar-refractivity contribution in [3.63, 3.8) is 0 Å². The molecule has 0 fully saturated rings. The molecule has 0 aromatic rings. The van der Waals surface area contributed by atoms with Gasteiger partial charge in [0.1, 0.15) is 5.78 Å². The summed E-state index contributed by atoms with van der Waals surface area (Å²) < 4.78 is 0. The topological polar surface area (TPSA) is 73.5 Å². The highest BCUT2D eigenvalue weighted by Crippen LogP contribution is 2.09. The first-order valence-corrected chi connectivity index (χ1v) is 3.69. The quantitative estimate of drug-likeness (QED) is 0.391. The van der Waals surface area contributed by atoms with E-state index in [4.69, 9.17) is 10.5 Å². The van der Waals surface area contributed by atoms with E-state index in [1.54, 1.807) is 6.92 Å². The first kappa shape index (κ1) is 10.6. The van der Waals surface area contributed by atoms with Crippen molar-refractivity contribution in [3.8, 4) is 6.07 Å². The molecule has 0 aliphatic carbocycles. The van der Waals surface area contributed by atoms with Crippen LogP contribution in [0.25, 0.3) is 0 Å². The maximum Gasteiger partial charge on any atom is 0.138 e. The standard InChI is InChI=1S/C8H12N2O2/c1-6(10-12)8(7(2)11)4-3-5-9/h8,12H,3-4H2,1-2H3. The van der Waals surface area contributed by atoms with Gasteiger partial charge in [-0.1, -0.05) is 5.16 Å². The maximum absolute atomic E-state index is 10.9. The molecule has 4 heteroatoms. The summed E-state index contributed by atoms with van der Waals surface area (Å²) in [4.78, 5) is 10.9. The Morgan fingerprint density at radius 1 is 1.67 bits per heavy atom. The van der Waals surface area contributed by atoms with Gasteiger partial charge in [-0.15, -0.1) is 0 Å². The molecule has 0 amide bonds. The minimum atomic E-state index is -0.408. The summed E-state index contributed by atoms with van der Waals surface area (Å²) >= 11 is 0. The third-order valence-electron chi connectivity index (χ3n) is 1.70. The third kappa shape index (κ3) is 3.15. The molecule has 1 atom stereocenters. The predicted molar refractivity (Wildman–Crippen MR) is 43.9 cm³/mol. The lowest BCUT2D eigenvalue weighted by molar-refractivity contribution is -0.119. The van der Waals surface area contributed by atoms with Crippen LogP contribution in [-0.4, -0.2) is 16.7 Å². The van der Waals surface area contributed by atoms with E-state index in [9.17, 15) is 4.79 Å². The SMILES string of the molecule is CC(=O)C(CCC#N)C(C)=NO. The molecule has 0 heterocycles. The third-order valence-corrected chi connectivity index (χ3v) is 1.70. The molecule has 0 spiro atoms. The Morgan fingerprint density at radius 3 is 2.58 bits per heavy atom. The molecule has 4 nitrogen and oxygen atoms in total. The van der Waals surface area contributed by atoms with Crippen LogP contribution in [0.2, 0.25) is 0 Å². The monoisotopic (exact) mass is 168 g/mol. The highest BCUT2D eigenvalue weighted by atomic mass is 16.4. The van der Waals surface area contributed by atoms with Crippen molar-refractivity contribution in [2.24, 2.45) is 11.1 Å². The van der Waals surface area contributed by atoms with E-state index in [0.717, 1.165) is 0 Å². The van der Waals surface area contributed by atoms with Gasteiger partial charge >= 0.3 is 0 Å². The number of hydrogen-bond acceptors (Lipinski definition) is 4. The van der Waals surface area contributed by atoms with Crippen LogP contribution in [0.1, 0.15) is 26.7 Å². The minimum absolute atomic E-state index is 0.0689. The lowest BCUT2D eigenvalue weighted by atomic mass is 9.95. The summed E-state index contributed by atoms with van der Waals surface area (Å²) in [5.74, 6) is -0.477. The van der Waals surface area contributed by atoms with E-state index in [2.05, 4.69) is 5.16 Å². The summed E-state index contributed by atoms with van der Waals surface area (Å²) in [6, 6.07) is 1.94. The highest BCUT2D eigenvalue weighted by molar-refractivity contribution is 6.02. The van der Waals surface area contributed by atoms with E-state index in [1.807, 2.05) is 6.07 Å². The van der Waals surface area contributed by atoms with Crippen molar-refractivity contribution < 1.29 is 10.0 Å². The second-order valence-electron chi connectivity index (χ2n) is 2.60. The molecular formula is C8H12N2O2. The first-order valence-electron chi connectivity index (χ1n) is 3.69. The smallest absolute Gasteiger partial charge is 0.138 e. The number of hydrogen-bond donors (Lipinski definition) is 1. The lowest BCUT2D eigenvalue weighted by Crippen LogP contribution is -2.19. The molecule has 12 heavy (non-hydrogen) atoms. The van der Waals surface area contributed by atoms with Gasteiger partial charge in [0, 0.05) is 6.42 Å². The Kier molecular flexibility index (Phi) is 4.70. The Hall–Kier alpha value is -1.37. The first-order chi connectivity index (χ1) is 5.63. The van der Waals surface area contributed by atoms with Gasteiger partial charge in [0.2, 0.25) is 0 Å². The molecule has 66 valence electrons. The van der Waals surface area contributed by atoms with Gasteiger partial charge in [-0.25, -0.2) is 0 Å². The van der Waals surface area contributed by atoms with Crippen molar-refractivity contribution in [2.45, 2.75) is 26.7 Å². The Balaban J connectivity index is 4.26. The second kappa shape index (κ2) is 5.30. The molecule has 0 aromatic heterocycles. The average Bonchev–Trinajstić information content (AvgIpc) is 2.04. The summed E-state index contributed by atoms with van der Waals surface area (Å²) in [7, 11) is 0. The molecule has 0 saturated carbocycles. The van der Waals surface area contributed by atoms with Crippen LogP contribution in [0.4, 0.5) is 0 Å². The van der Waals surface area contributed by atoms with Crippen LogP contribution in [0.3, 0.4) is 0 Å². The minimum Gasteiger partial charge on any atom is -0.411 e. The van der Waals surface area contributed by atoms with Crippen LogP contribution in [0, 0.1) is 17.2 Å². The van der Waals surface area contributed by atoms with Crippen LogP contribution in [0.5, 0.6) is 0 Å². The highest BCUT2D eigenvalue weighted by Gasteiger charge is 2.17. The van der Waals surface area contributed by atoms with E-state index in [0.29, 0.717) is 18.6 Å². The predicted octanol–water partition coefficient (Wildman–Crippen LogP) is 1.35. The van der Waals surface area contributed by atoms with Gasteiger partial charge in [0.15, 0.2) is 0 Å². The number of nitriles is 1. The number of rotatable bonds is 4. The molecule has 1 N–H and O–H groups in total. The lowest BCUT2D eigenvalue weighted by Gasteiger charge is -2.08. The van der Waals surface area contributed by atoms with Gasteiger partial charge < -0.3 is 5.21 Å². The number of Topliss-reactive ketones (excluding diaryl/α,β-unsaturated/α-hetero) is 1. The van der Waals surface area contributed by atoms with Crippen LogP contribution >= 0.6 is 0 Å². The maximum atomic E-state index is 10.9. The molecule has 0 aliphatic heterocycles. The van der Waals surface area contributed by atoms with Crippen molar-refractivity contribution in [1.29, 1.82) is 5.26 Å². The Bertz CT molecular complexity index is 228. The largest absolute Gasteiger partial charge is 0.411 e. The van der Waals surface area contributed by atoms with Crippen LogP contribution in [0.15, 0.2) is 5.16 Å². The van der Waals surface area contributed by atoms with Crippen LogP contribution in [-0.2, 0) is 4.79 Å². The zero-order valence-electron chi connectivity index (χ0n) is 7.24. The number of carbonyl (C=O) groups excluding carboxylic acids is 1. The number of ketones is 1. The summed E-state index contributed by atoms with van der Waals surface area (Å²) in [6.45, 7) is 3.00. The van der Waals surface area contributed by atoms with E-state index in [-0.39, 0.29) is 5.78 Å². The zero-order valence-corrected chi connectivity index (χ0v) is 7.24. The number of oxime groups is 1. The summed E-state index contributed by atoms with van der Waals surface area (Å²) in [6.07, 6.45) is 0.735. The average molecular weight is 168 g/mol. The van der Waals surface area contributed by atoms with E-state index >= 15 is 0 Å². The van der Waals surface area contributed by atoms with Crippen molar-refractivity contribution in [2.75, 3.05) is 0 Å². The molecule has 0 radical (unpaired) electrons. The fourth-order valence-electron chi connectivity index (χ4n) is 0.985. The zero-order chi connectivity index (χ0) is 9.56. The van der Waals surface area contributed by atoms with Crippen molar-refractivity contribution in [1.82, 2.24) is 0 Å². The molecule has 0 saturated heterocycles. The molecule has 0 aromatic carbocycles. The van der Waals surface area contributed by atoms with Crippen LogP contribution < -0.4 is 0 Å². The van der Waals surface area contributed by atoms with E-state index in [1.165, 1.54) is 6.92 Å². The molecule has 1 unspecified atom stereocenters. The Morgan fingerprint density at radius 2 is 2.25 bits per heavy atom. The fourth-order valence-corrected chi connectivity index (χ4v) is 0.985. The van der Waals surface area contributed by atoms with Gasteiger partial charge in [-0.05, 0) is 20.3 Å². The fraction of sp³-hybridized carbons (Fsp3) is 0.625. The van der Waals surface area contributed by atoms with Gasteiger partial charge in [-0.2, -0.15) is 5.26 Å². The molecule has 0 aliphatic rings. The number of nitrogens with zero attached hydrogens (tertiary/aromatic N) is 2. The normalized spacial score (nSPS) is 13.6.